The second-order valence-electron chi connectivity index (χ2n) is 4.52. The van der Waals surface area contributed by atoms with Crippen LogP contribution in [-0.2, 0) is 4.74 Å². The van der Waals surface area contributed by atoms with Gasteiger partial charge in [0.25, 0.3) is 5.56 Å². The Balaban J connectivity index is 2.21. The number of H-pyrrole nitrogens is 1. The van der Waals surface area contributed by atoms with Gasteiger partial charge in [0.15, 0.2) is 11.5 Å². The van der Waals surface area contributed by atoms with Crippen LogP contribution in [0.2, 0.25) is 0 Å². The summed E-state index contributed by atoms with van der Waals surface area (Å²) in [5.41, 5.74) is -0.421. The molecule has 0 saturated heterocycles. The smallest absolute Gasteiger partial charge is 0.345 e. The van der Waals surface area contributed by atoms with Gasteiger partial charge in [0.1, 0.15) is 11.3 Å². The first-order valence-corrected chi connectivity index (χ1v) is 6.65. The highest BCUT2D eigenvalue weighted by atomic mass is 19.1. The average Bonchev–Trinajstić information content (AvgIpc) is 2.87. The molecule has 3 aromatic rings. The lowest BCUT2D eigenvalue weighted by Crippen LogP contribution is -2.24. The highest BCUT2D eigenvalue weighted by Crippen LogP contribution is 2.22. The minimum absolute atomic E-state index is 0.131. The van der Waals surface area contributed by atoms with E-state index in [0.29, 0.717) is 5.56 Å². The van der Waals surface area contributed by atoms with Gasteiger partial charge in [0.2, 0.25) is 0 Å². The van der Waals surface area contributed by atoms with Crippen molar-refractivity contribution >= 4 is 11.6 Å². The third kappa shape index (κ3) is 2.16. The lowest BCUT2D eigenvalue weighted by Gasteiger charge is -2.00. The first-order chi connectivity index (χ1) is 10.6. The van der Waals surface area contributed by atoms with Crippen molar-refractivity contribution in [3.8, 4) is 11.3 Å². The van der Waals surface area contributed by atoms with E-state index in [-0.39, 0.29) is 23.5 Å². The SMILES string of the molecule is CCOC(=O)c1cnc2c(F)c(-c3ccccc3)[nH]n2c1=O. The van der Waals surface area contributed by atoms with Crippen molar-refractivity contribution in [2.24, 2.45) is 0 Å². The molecule has 0 aliphatic heterocycles. The van der Waals surface area contributed by atoms with Gasteiger partial charge in [-0.2, -0.15) is 4.52 Å². The summed E-state index contributed by atoms with van der Waals surface area (Å²) in [7, 11) is 0. The van der Waals surface area contributed by atoms with Gasteiger partial charge in [-0.25, -0.2) is 14.2 Å². The van der Waals surface area contributed by atoms with Crippen molar-refractivity contribution in [2.75, 3.05) is 6.61 Å². The summed E-state index contributed by atoms with van der Waals surface area (Å²) in [5.74, 6) is -1.44. The standard InChI is InChI=1S/C15H12FN3O3/c1-2-22-15(21)10-8-17-13-11(16)12(18-19(13)14(10)20)9-6-4-3-5-7-9/h3-8,18H,2H2,1H3. The van der Waals surface area contributed by atoms with Gasteiger partial charge in [-0.1, -0.05) is 30.3 Å². The topological polar surface area (TPSA) is 76.5 Å². The van der Waals surface area contributed by atoms with E-state index in [1.165, 1.54) is 0 Å². The molecule has 0 aliphatic rings. The third-order valence-corrected chi connectivity index (χ3v) is 3.16. The molecular formula is C15H12FN3O3. The highest BCUT2D eigenvalue weighted by Gasteiger charge is 2.20. The Kier molecular flexibility index (Phi) is 3.46. The van der Waals surface area contributed by atoms with E-state index in [0.717, 1.165) is 10.7 Å². The van der Waals surface area contributed by atoms with E-state index in [4.69, 9.17) is 4.74 Å². The predicted octanol–water partition coefficient (Wildman–Crippen LogP) is 2.01. The molecule has 0 amide bonds. The molecule has 7 heteroatoms. The van der Waals surface area contributed by atoms with Crippen LogP contribution >= 0.6 is 0 Å². The number of aromatic nitrogens is 3. The molecule has 0 spiro atoms. The largest absolute Gasteiger partial charge is 0.462 e. The molecule has 22 heavy (non-hydrogen) atoms. The summed E-state index contributed by atoms with van der Waals surface area (Å²) < 4.78 is 20.1. The van der Waals surface area contributed by atoms with Gasteiger partial charge in [0, 0.05) is 11.8 Å². The zero-order valence-electron chi connectivity index (χ0n) is 11.7. The van der Waals surface area contributed by atoms with E-state index in [1.54, 1.807) is 37.3 Å². The number of hydrogen-bond donors (Lipinski definition) is 1. The molecule has 0 atom stereocenters. The number of halogens is 1. The van der Waals surface area contributed by atoms with Crippen molar-refractivity contribution in [3.63, 3.8) is 0 Å². The minimum atomic E-state index is -0.786. The molecule has 112 valence electrons. The highest BCUT2D eigenvalue weighted by molar-refractivity contribution is 5.88. The Morgan fingerprint density at radius 2 is 2.09 bits per heavy atom. The number of ether oxygens (including phenoxy) is 1. The number of rotatable bonds is 3. The van der Waals surface area contributed by atoms with Crippen molar-refractivity contribution in [1.82, 2.24) is 14.6 Å². The Hall–Kier alpha value is -2.96. The van der Waals surface area contributed by atoms with Crippen LogP contribution in [0.1, 0.15) is 17.3 Å². The fourth-order valence-electron chi connectivity index (χ4n) is 2.13. The number of esters is 1. The van der Waals surface area contributed by atoms with Crippen LogP contribution in [0, 0.1) is 5.82 Å². The molecule has 1 aromatic carbocycles. The van der Waals surface area contributed by atoms with Gasteiger partial charge in [0.05, 0.1) is 6.61 Å². The molecule has 0 radical (unpaired) electrons. The van der Waals surface area contributed by atoms with Crippen molar-refractivity contribution in [1.29, 1.82) is 0 Å². The Morgan fingerprint density at radius 3 is 2.77 bits per heavy atom. The molecule has 0 unspecified atom stereocenters. The van der Waals surface area contributed by atoms with Crippen LogP contribution in [0.25, 0.3) is 16.9 Å². The van der Waals surface area contributed by atoms with Crippen LogP contribution in [0.4, 0.5) is 4.39 Å². The number of hydrogen-bond acceptors (Lipinski definition) is 4. The summed E-state index contributed by atoms with van der Waals surface area (Å²) in [4.78, 5) is 27.8. The number of nitrogens with zero attached hydrogens (tertiary/aromatic N) is 2. The number of carbonyl (C=O) groups is 1. The van der Waals surface area contributed by atoms with Crippen molar-refractivity contribution in [2.45, 2.75) is 6.92 Å². The normalized spacial score (nSPS) is 10.8. The van der Waals surface area contributed by atoms with Crippen LogP contribution in [0.3, 0.4) is 0 Å². The lowest BCUT2D eigenvalue weighted by molar-refractivity contribution is 0.0523. The van der Waals surface area contributed by atoms with Crippen molar-refractivity contribution < 1.29 is 13.9 Å². The van der Waals surface area contributed by atoms with Gasteiger partial charge in [-0.05, 0) is 6.92 Å². The predicted molar refractivity (Wildman–Crippen MR) is 77.2 cm³/mol. The first-order valence-electron chi connectivity index (χ1n) is 6.65. The number of nitrogens with one attached hydrogen (secondary N) is 1. The fraction of sp³-hybridized carbons (Fsp3) is 0.133. The molecule has 3 rings (SSSR count). The minimum Gasteiger partial charge on any atom is -0.462 e. The molecule has 0 saturated carbocycles. The Labute approximate surface area is 124 Å². The number of carbonyl (C=O) groups excluding carboxylic acids is 1. The maximum absolute atomic E-state index is 14.4. The van der Waals surface area contributed by atoms with Crippen LogP contribution < -0.4 is 5.56 Å². The van der Waals surface area contributed by atoms with Gasteiger partial charge in [-0.3, -0.25) is 9.89 Å². The monoisotopic (exact) mass is 301 g/mol. The summed E-state index contributed by atoms with van der Waals surface area (Å²) in [5, 5.41) is 2.64. The quantitative estimate of drug-likeness (QED) is 0.751. The van der Waals surface area contributed by atoms with E-state index in [1.807, 2.05) is 0 Å². The molecule has 6 nitrogen and oxygen atoms in total. The van der Waals surface area contributed by atoms with E-state index < -0.39 is 17.3 Å². The number of aromatic amines is 1. The van der Waals surface area contributed by atoms with Crippen molar-refractivity contribution in [3.05, 3.63) is 58.3 Å². The lowest BCUT2D eigenvalue weighted by atomic mass is 10.1. The van der Waals surface area contributed by atoms with Crippen LogP contribution in [-0.4, -0.2) is 27.2 Å². The first kappa shape index (κ1) is 14.0. The Bertz CT molecular complexity index is 900. The zero-order chi connectivity index (χ0) is 15.7. The van der Waals surface area contributed by atoms with E-state index in [9.17, 15) is 14.0 Å². The maximum Gasteiger partial charge on any atom is 0.345 e. The van der Waals surface area contributed by atoms with Gasteiger partial charge in [-0.15, -0.1) is 0 Å². The molecule has 0 aliphatic carbocycles. The van der Waals surface area contributed by atoms with Crippen LogP contribution in [0.5, 0.6) is 0 Å². The second-order valence-corrected chi connectivity index (χ2v) is 4.52. The van der Waals surface area contributed by atoms with Gasteiger partial charge >= 0.3 is 5.97 Å². The summed E-state index contributed by atoms with van der Waals surface area (Å²) >= 11 is 0. The number of fused-ring (bicyclic) bond motifs is 1. The van der Waals surface area contributed by atoms with E-state index in [2.05, 4.69) is 10.1 Å². The zero-order valence-corrected chi connectivity index (χ0v) is 11.7. The molecule has 2 aromatic heterocycles. The third-order valence-electron chi connectivity index (χ3n) is 3.16. The van der Waals surface area contributed by atoms with E-state index >= 15 is 0 Å². The molecule has 2 heterocycles. The summed E-state index contributed by atoms with van der Waals surface area (Å²) in [6.45, 7) is 1.76. The van der Waals surface area contributed by atoms with Gasteiger partial charge < -0.3 is 4.74 Å². The fourth-order valence-corrected chi connectivity index (χ4v) is 2.13. The molecule has 0 bridgehead atoms. The number of benzene rings is 1. The second kappa shape index (κ2) is 5.44. The molecule has 0 fully saturated rings. The maximum atomic E-state index is 14.4. The summed E-state index contributed by atoms with van der Waals surface area (Å²) in [6.07, 6.45) is 1.03. The molecular weight excluding hydrogens is 289 g/mol. The average molecular weight is 301 g/mol. The Morgan fingerprint density at radius 1 is 1.36 bits per heavy atom. The molecule has 1 N–H and O–H groups in total. The van der Waals surface area contributed by atoms with Crippen LogP contribution in [0.15, 0.2) is 41.3 Å². The summed E-state index contributed by atoms with van der Waals surface area (Å²) in [6, 6.07) is 8.70.